The molecule has 0 radical (unpaired) electrons. The molecule has 0 N–H and O–H groups in total. The smallest absolute Gasteiger partial charge is 0.255 e. The van der Waals surface area contributed by atoms with Gasteiger partial charge in [0, 0.05) is 50.4 Å². The molecular weight excluding hydrogens is 440 g/mol. The van der Waals surface area contributed by atoms with Crippen molar-refractivity contribution in [2.75, 3.05) is 37.6 Å². The third kappa shape index (κ3) is 5.77. The topological polar surface area (TPSA) is 84.7 Å². The van der Waals surface area contributed by atoms with Crippen molar-refractivity contribution in [1.82, 2.24) is 9.80 Å². The van der Waals surface area contributed by atoms with Gasteiger partial charge < -0.3 is 19.4 Å². The Morgan fingerprint density at radius 1 is 1.00 bits per heavy atom. The Bertz CT molecular complexity index is 1080. The van der Waals surface area contributed by atoms with E-state index >= 15 is 0 Å². The second kappa shape index (κ2) is 11.8. The Morgan fingerprint density at radius 2 is 1.77 bits per heavy atom. The van der Waals surface area contributed by atoms with Gasteiger partial charge in [-0.05, 0) is 73.7 Å². The molecule has 0 aromatic heterocycles. The molecule has 1 amide bonds. The number of hydrogen-bond donors (Lipinski definition) is 0. The normalized spacial score (nSPS) is 16.6. The van der Waals surface area contributed by atoms with Crippen LogP contribution < -0.4 is 4.90 Å². The molecule has 1 saturated heterocycles. The van der Waals surface area contributed by atoms with Crippen LogP contribution in [0.3, 0.4) is 0 Å². The highest BCUT2D eigenvalue weighted by Gasteiger charge is 2.33. The van der Waals surface area contributed by atoms with Gasteiger partial charge in [-0.25, -0.2) is 0 Å². The number of carbonyl (C=O) groups excluding carboxylic acids is 3. The van der Waals surface area contributed by atoms with E-state index in [1.54, 1.807) is 4.90 Å². The maximum Gasteiger partial charge on any atom is 0.255 e. The van der Waals surface area contributed by atoms with Crippen LogP contribution in [0.4, 0.5) is 5.69 Å². The number of carbonyl (C=O) groups is 3. The summed E-state index contributed by atoms with van der Waals surface area (Å²) < 4.78 is 0. The minimum absolute atomic E-state index is 0.106. The summed E-state index contributed by atoms with van der Waals surface area (Å²) in [5.74, 6) is -0.106. The number of aryl methyl sites for hydroxylation is 1. The first-order valence-electron chi connectivity index (χ1n) is 12.4. The van der Waals surface area contributed by atoms with Crippen molar-refractivity contribution in [2.24, 2.45) is 0 Å². The SMILES string of the molecule is N#Cc1ccc(N2CCN(CCCCc3cccc4c3CN(C(C=O)CCC=O)C4=O)CC2)cc1. The fraction of sp³-hybridized carbons (Fsp3) is 0.429. The van der Waals surface area contributed by atoms with Gasteiger partial charge in [-0.1, -0.05) is 12.1 Å². The van der Waals surface area contributed by atoms with Gasteiger partial charge in [0.15, 0.2) is 0 Å². The zero-order valence-corrected chi connectivity index (χ0v) is 20.1. The van der Waals surface area contributed by atoms with Gasteiger partial charge in [0.1, 0.15) is 12.6 Å². The summed E-state index contributed by atoms with van der Waals surface area (Å²) in [5.41, 5.74) is 4.78. The third-order valence-corrected chi connectivity index (χ3v) is 7.13. The molecule has 0 saturated carbocycles. The Morgan fingerprint density at radius 3 is 2.46 bits per heavy atom. The molecule has 0 spiro atoms. The van der Waals surface area contributed by atoms with Crippen LogP contribution in [0.1, 0.15) is 52.7 Å². The molecule has 1 unspecified atom stereocenters. The Kier molecular flexibility index (Phi) is 8.27. The fourth-order valence-corrected chi connectivity index (χ4v) is 5.08. The highest BCUT2D eigenvalue weighted by Crippen LogP contribution is 2.29. The number of piperazine rings is 1. The van der Waals surface area contributed by atoms with Crippen LogP contribution >= 0.6 is 0 Å². The summed E-state index contributed by atoms with van der Waals surface area (Å²) in [6, 6.07) is 15.3. The quantitative estimate of drug-likeness (QED) is 0.369. The first kappa shape index (κ1) is 24.6. The number of fused-ring (bicyclic) bond motifs is 1. The summed E-state index contributed by atoms with van der Waals surface area (Å²) >= 11 is 0. The second-order valence-corrected chi connectivity index (χ2v) is 9.27. The molecule has 2 aromatic rings. The maximum atomic E-state index is 12.9. The number of aldehydes is 2. The van der Waals surface area contributed by atoms with Crippen molar-refractivity contribution in [1.29, 1.82) is 5.26 Å². The van der Waals surface area contributed by atoms with Crippen molar-refractivity contribution in [3.63, 3.8) is 0 Å². The summed E-state index contributed by atoms with van der Waals surface area (Å²) in [5, 5.41) is 8.97. The average molecular weight is 473 g/mol. The molecule has 4 rings (SSSR count). The van der Waals surface area contributed by atoms with Gasteiger partial charge in [0.25, 0.3) is 5.91 Å². The van der Waals surface area contributed by atoms with Gasteiger partial charge in [-0.3, -0.25) is 9.69 Å². The lowest BCUT2D eigenvalue weighted by atomic mass is 9.99. The molecule has 182 valence electrons. The zero-order valence-electron chi connectivity index (χ0n) is 20.1. The van der Waals surface area contributed by atoms with Crippen molar-refractivity contribution in [3.8, 4) is 6.07 Å². The molecule has 7 heteroatoms. The number of amides is 1. The molecule has 1 fully saturated rings. The van der Waals surface area contributed by atoms with E-state index in [0.717, 1.165) is 70.1 Å². The van der Waals surface area contributed by atoms with Crippen LogP contribution in [0.25, 0.3) is 0 Å². The summed E-state index contributed by atoms with van der Waals surface area (Å²) in [4.78, 5) is 41.6. The molecule has 2 aliphatic heterocycles. The van der Waals surface area contributed by atoms with E-state index in [0.29, 0.717) is 24.1 Å². The van der Waals surface area contributed by atoms with Crippen LogP contribution in [-0.2, 0) is 22.6 Å². The molecule has 7 nitrogen and oxygen atoms in total. The molecule has 1 atom stereocenters. The lowest BCUT2D eigenvalue weighted by Crippen LogP contribution is -2.46. The Hall–Kier alpha value is -3.50. The van der Waals surface area contributed by atoms with Crippen LogP contribution in [0, 0.1) is 11.3 Å². The average Bonchev–Trinajstić information content (AvgIpc) is 3.24. The standard InChI is InChI=1S/C28H32N4O3/c29-19-22-9-11-24(12-10-22)31-16-14-30(15-17-31)13-2-1-5-23-6-3-8-26-27(23)20-32(28(26)35)25(21-34)7-4-18-33/h3,6,8-12,18,21,25H,1-2,4-5,7,13-17,20H2. The summed E-state index contributed by atoms with van der Waals surface area (Å²) in [6.07, 6.45) is 5.28. The van der Waals surface area contributed by atoms with Gasteiger partial charge >= 0.3 is 0 Å². The van der Waals surface area contributed by atoms with E-state index in [4.69, 9.17) is 5.26 Å². The molecule has 2 heterocycles. The van der Waals surface area contributed by atoms with Crippen molar-refractivity contribution >= 4 is 24.2 Å². The second-order valence-electron chi connectivity index (χ2n) is 9.27. The predicted molar refractivity (Wildman–Crippen MR) is 134 cm³/mol. The first-order valence-corrected chi connectivity index (χ1v) is 12.4. The molecule has 0 bridgehead atoms. The van der Waals surface area contributed by atoms with E-state index in [1.165, 1.54) is 11.3 Å². The van der Waals surface area contributed by atoms with Crippen LogP contribution in [0.15, 0.2) is 42.5 Å². The van der Waals surface area contributed by atoms with Crippen LogP contribution in [0.5, 0.6) is 0 Å². The molecule has 35 heavy (non-hydrogen) atoms. The Labute approximate surface area is 206 Å². The number of benzene rings is 2. The number of nitrogens with zero attached hydrogens (tertiary/aromatic N) is 4. The van der Waals surface area contributed by atoms with E-state index in [9.17, 15) is 14.4 Å². The number of unbranched alkanes of at least 4 members (excludes halogenated alkanes) is 1. The van der Waals surface area contributed by atoms with Crippen LogP contribution in [-0.4, -0.2) is 67.0 Å². The van der Waals surface area contributed by atoms with Crippen molar-refractivity contribution in [2.45, 2.75) is 44.7 Å². The summed E-state index contributed by atoms with van der Waals surface area (Å²) in [6.45, 7) is 5.52. The van der Waals surface area contributed by atoms with Crippen molar-refractivity contribution < 1.29 is 14.4 Å². The van der Waals surface area contributed by atoms with Crippen LogP contribution in [0.2, 0.25) is 0 Å². The van der Waals surface area contributed by atoms with Gasteiger partial charge in [0.2, 0.25) is 0 Å². The van der Waals surface area contributed by atoms with Gasteiger partial charge in [-0.2, -0.15) is 5.26 Å². The van der Waals surface area contributed by atoms with E-state index in [-0.39, 0.29) is 12.3 Å². The number of nitriles is 1. The van der Waals surface area contributed by atoms with E-state index in [1.807, 2.05) is 36.4 Å². The maximum absolute atomic E-state index is 12.9. The Balaban J connectivity index is 1.24. The molecule has 0 aliphatic carbocycles. The highest BCUT2D eigenvalue weighted by molar-refractivity contribution is 6.00. The van der Waals surface area contributed by atoms with E-state index < -0.39 is 6.04 Å². The highest BCUT2D eigenvalue weighted by atomic mass is 16.2. The minimum atomic E-state index is -0.545. The molecule has 2 aromatic carbocycles. The summed E-state index contributed by atoms with van der Waals surface area (Å²) in [7, 11) is 0. The predicted octanol–water partition coefficient (Wildman–Crippen LogP) is 3.21. The minimum Gasteiger partial charge on any atom is -0.369 e. The lowest BCUT2D eigenvalue weighted by Gasteiger charge is -2.36. The lowest BCUT2D eigenvalue weighted by molar-refractivity contribution is -0.112. The van der Waals surface area contributed by atoms with Crippen molar-refractivity contribution in [3.05, 3.63) is 64.7 Å². The molecule has 2 aliphatic rings. The molecular formula is C28H32N4O3. The zero-order chi connectivity index (χ0) is 24.6. The van der Waals surface area contributed by atoms with Gasteiger partial charge in [0.05, 0.1) is 17.7 Å². The van der Waals surface area contributed by atoms with Gasteiger partial charge in [-0.15, -0.1) is 0 Å². The third-order valence-electron chi connectivity index (χ3n) is 7.13. The number of anilines is 1. The number of hydrogen-bond acceptors (Lipinski definition) is 6. The largest absolute Gasteiger partial charge is 0.369 e. The first-order chi connectivity index (χ1) is 17.1. The fourth-order valence-electron chi connectivity index (χ4n) is 5.08. The van der Waals surface area contributed by atoms with E-state index in [2.05, 4.69) is 21.9 Å². The monoisotopic (exact) mass is 472 g/mol. The number of rotatable bonds is 11.